The molecule has 1 heterocycles. The van der Waals surface area contributed by atoms with E-state index >= 15 is 0 Å². The van der Waals surface area contributed by atoms with Gasteiger partial charge in [-0.2, -0.15) is 0 Å². The van der Waals surface area contributed by atoms with E-state index in [-0.39, 0.29) is 23.6 Å². The Morgan fingerprint density at radius 3 is 2.35 bits per heavy atom. The van der Waals surface area contributed by atoms with E-state index in [1.54, 1.807) is 13.8 Å². The summed E-state index contributed by atoms with van der Waals surface area (Å²) in [5, 5.41) is 2.81. The first kappa shape index (κ1) is 15.4. The molecule has 3 atom stereocenters. The Balaban J connectivity index is 1.84. The van der Waals surface area contributed by atoms with E-state index in [1.165, 1.54) is 0 Å². The fourth-order valence-corrected chi connectivity index (χ4v) is 4.10. The smallest absolute Gasteiger partial charge is 0.317 e. The van der Waals surface area contributed by atoms with Gasteiger partial charge >= 0.3 is 6.03 Å². The number of nitrogens with one attached hydrogen (secondary N) is 1. The van der Waals surface area contributed by atoms with Crippen LogP contribution >= 0.6 is 0 Å². The fourth-order valence-electron chi connectivity index (χ4n) is 3.02. The number of rotatable bonds is 4. The zero-order chi connectivity index (χ0) is 14.8. The van der Waals surface area contributed by atoms with Crippen molar-refractivity contribution in [3.63, 3.8) is 0 Å². The van der Waals surface area contributed by atoms with E-state index < -0.39 is 9.84 Å². The molecule has 114 valence electrons. The molecule has 0 spiro atoms. The monoisotopic (exact) mass is 300 g/mol. The van der Waals surface area contributed by atoms with Crippen LogP contribution in [-0.2, 0) is 9.84 Å². The molecule has 0 aromatic heterocycles. The van der Waals surface area contributed by atoms with Gasteiger partial charge in [-0.15, -0.1) is 0 Å². The molecule has 1 N–H and O–H groups in total. The quantitative estimate of drug-likeness (QED) is 0.798. The molecular formula is C14H24N2O3S. The van der Waals surface area contributed by atoms with Crippen LogP contribution in [0.25, 0.3) is 0 Å². The summed E-state index contributed by atoms with van der Waals surface area (Å²) in [5.41, 5.74) is 0. The molecule has 0 saturated carbocycles. The number of sulfone groups is 1. The highest BCUT2D eigenvalue weighted by Crippen LogP contribution is 2.32. The van der Waals surface area contributed by atoms with Crippen molar-refractivity contribution in [3.8, 4) is 0 Å². The standard InChI is InChI=1S/C14H24N2O3S/c1-3-20(18,19)10-11(2)15-14(17)16-8-12-6-4-5-7-13(12)9-16/h4-5,11-13H,3,6-10H2,1-2H3,(H,15,17). The zero-order valence-electron chi connectivity index (χ0n) is 12.2. The Morgan fingerprint density at radius 1 is 1.30 bits per heavy atom. The molecule has 0 aromatic rings. The Hall–Kier alpha value is -1.04. The summed E-state index contributed by atoms with van der Waals surface area (Å²) in [5.74, 6) is 1.27. The summed E-state index contributed by atoms with van der Waals surface area (Å²) >= 11 is 0. The van der Waals surface area contributed by atoms with Crippen LogP contribution in [0.15, 0.2) is 12.2 Å². The number of nitrogens with zero attached hydrogens (tertiary/aromatic N) is 1. The van der Waals surface area contributed by atoms with Gasteiger partial charge in [-0.05, 0) is 31.6 Å². The first-order valence-electron chi connectivity index (χ1n) is 7.32. The lowest BCUT2D eigenvalue weighted by molar-refractivity contribution is 0.204. The normalized spacial score (nSPS) is 27.2. The molecule has 20 heavy (non-hydrogen) atoms. The van der Waals surface area contributed by atoms with Gasteiger partial charge in [0.15, 0.2) is 9.84 Å². The lowest BCUT2D eigenvalue weighted by Gasteiger charge is -2.20. The Morgan fingerprint density at radius 2 is 1.85 bits per heavy atom. The maximum Gasteiger partial charge on any atom is 0.317 e. The second-order valence-corrected chi connectivity index (χ2v) is 8.32. The Labute approximate surface area is 121 Å². The highest BCUT2D eigenvalue weighted by Gasteiger charge is 2.35. The lowest BCUT2D eigenvalue weighted by Crippen LogP contribution is -2.45. The number of carbonyl (C=O) groups is 1. The number of allylic oxidation sites excluding steroid dienone is 2. The fraction of sp³-hybridized carbons (Fsp3) is 0.786. The lowest BCUT2D eigenvalue weighted by atomic mass is 9.86. The van der Waals surface area contributed by atoms with Gasteiger partial charge < -0.3 is 10.2 Å². The van der Waals surface area contributed by atoms with Gasteiger partial charge in [-0.1, -0.05) is 19.1 Å². The van der Waals surface area contributed by atoms with Gasteiger partial charge in [-0.3, -0.25) is 0 Å². The molecule has 0 aromatic carbocycles. The molecule has 2 amide bonds. The number of hydrogen-bond acceptors (Lipinski definition) is 3. The number of fused-ring (bicyclic) bond motifs is 1. The molecule has 5 nitrogen and oxygen atoms in total. The highest BCUT2D eigenvalue weighted by molar-refractivity contribution is 7.91. The molecule has 0 bridgehead atoms. The molecular weight excluding hydrogens is 276 g/mol. The van der Waals surface area contributed by atoms with Gasteiger partial charge in [0, 0.05) is 24.9 Å². The van der Waals surface area contributed by atoms with Crippen molar-refractivity contribution < 1.29 is 13.2 Å². The number of urea groups is 1. The van der Waals surface area contributed by atoms with Crippen LogP contribution in [0.1, 0.15) is 26.7 Å². The average Bonchev–Trinajstić information content (AvgIpc) is 2.81. The van der Waals surface area contributed by atoms with Gasteiger partial charge in [0.05, 0.1) is 5.75 Å². The highest BCUT2D eigenvalue weighted by atomic mass is 32.2. The second kappa shape index (κ2) is 6.16. The summed E-state index contributed by atoms with van der Waals surface area (Å²) in [6.07, 6.45) is 6.49. The largest absolute Gasteiger partial charge is 0.335 e. The third-order valence-corrected chi connectivity index (χ3v) is 6.11. The molecule has 2 rings (SSSR count). The summed E-state index contributed by atoms with van der Waals surface area (Å²) in [7, 11) is -3.05. The maximum absolute atomic E-state index is 12.2. The first-order chi connectivity index (χ1) is 9.41. The minimum Gasteiger partial charge on any atom is -0.335 e. The van der Waals surface area contributed by atoms with Crippen LogP contribution in [0.3, 0.4) is 0 Å². The van der Waals surface area contributed by atoms with Crippen LogP contribution in [0.5, 0.6) is 0 Å². The van der Waals surface area contributed by atoms with Crippen molar-refractivity contribution in [2.75, 3.05) is 24.6 Å². The van der Waals surface area contributed by atoms with E-state index in [1.807, 2.05) is 4.90 Å². The van der Waals surface area contributed by atoms with Crippen molar-refractivity contribution in [2.24, 2.45) is 11.8 Å². The van der Waals surface area contributed by atoms with E-state index in [9.17, 15) is 13.2 Å². The third-order valence-electron chi connectivity index (χ3n) is 4.22. The molecule has 1 aliphatic heterocycles. The van der Waals surface area contributed by atoms with Crippen LogP contribution in [0.2, 0.25) is 0 Å². The summed E-state index contributed by atoms with van der Waals surface area (Å²) < 4.78 is 23.1. The minimum absolute atomic E-state index is 0.0114. The SMILES string of the molecule is CCS(=O)(=O)CC(C)NC(=O)N1CC2CC=CCC2C1. The topological polar surface area (TPSA) is 66.5 Å². The molecule has 3 unspecified atom stereocenters. The zero-order valence-corrected chi connectivity index (χ0v) is 13.0. The van der Waals surface area contributed by atoms with E-state index in [0.29, 0.717) is 11.8 Å². The van der Waals surface area contributed by atoms with E-state index in [4.69, 9.17) is 0 Å². The van der Waals surface area contributed by atoms with E-state index in [0.717, 1.165) is 25.9 Å². The number of likely N-dealkylation sites (tertiary alicyclic amines) is 1. The third kappa shape index (κ3) is 3.75. The minimum atomic E-state index is -3.05. The van der Waals surface area contributed by atoms with Crippen LogP contribution < -0.4 is 5.32 Å². The summed E-state index contributed by atoms with van der Waals surface area (Å²) in [6, 6.07) is -0.466. The predicted octanol–water partition coefficient (Wildman–Crippen LogP) is 1.42. The molecule has 2 aliphatic rings. The van der Waals surface area contributed by atoms with Crippen molar-refractivity contribution in [2.45, 2.75) is 32.7 Å². The first-order valence-corrected chi connectivity index (χ1v) is 9.14. The summed E-state index contributed by atoms with van der Waals surface area (Å²) in [4.78, 5) is 14.0. The number of amides is 2. The van der Waals surface area contributed by atoms with Gasteiger partial charge in [-0.25, -0.2) is 13.2 Å². The summed E-state index contributed by atoms with van der Waals surface area (Å²) in [6.45, 7) is 4.94. The van der Waals surface area contributed by atoms with Gasteiger partial charge in [0.1, 0.15) is 0 Å². The van der Waals surface area contributed by atoms with Crippen LogP contribution in [0, 0.1) is 11.8 Å². The molecule has 6 heteroatoms. The number of hydrogen-bond donors (Lipinski definition) is 1. The van der Waals surface area contributed by atoms with Gasteiger partial charge in [0.25, 0.3) is 0 Å². The van der Waals surface area contributed by atoms with Crippen molar-refractivity contribution in [1.82, 2.24) is 10.2 Å². The average molecular weight is 300 g/mol. The van der Waals surface area contributed by atoms with Gasteiger partial charge in [0.2, 0.25) is 0 Å². The predicted molar refractivity (Wildman–Crippen MR) is 79.2 cm³/mol. The maximum atomic E-state index is 12.2. The van der Waals surface area contributed by atoms with Crippen LogP contribution in [-0.4, -0.2) is 50.0 Å². The van der Waals surface area contributed by atoms with Crippen molar-refractivity contribution in [1.29, 1.82) is 0 Å². The molecule has 1 saturated heterocycles. The molecule has 1 aliphatic carbocycles. The molecule has 0 radical (unpaired) electrons. The Bertz CT molecular complexity index is 471. The van der Waals surface area contributed by atoms with Crippen molar-refractivity contribution in [3.05, 3.63) is 12.2 Å². The number of carbonyl (C=O) groups excluding carboxylic acids is 1. The molecule has 1 fully saturated rings. The van der Waals surface area contributed by atoms with E-state index in [2.05, 4.69) is 17.5 Å². The van der Waals surface area contributed by atoms with Crippen molar-refractivity contribution >= 4 is 15.9 Å². The van der Waals surface area contributed by atoms with Crippen LogP contribution in [0.4, 0.5) is 4.79 Å². The Kier molecular flexibility index (Phi) is 4.73. The second-order valence-electron chi connectivity index (χ2n) is 5.92.